The van der Waals surface area contributed by atoms with Gasteiger partial charge < -0.3 is 14.2 Å². The lowest BCUT2D eigenvalue weighted by atomic mass is 10.1. The summed E-state index contributed by atoms with van der Waals surface area (Å²) >= 11 is 8.76. The van der Waals surface area contributed by atoms with Crippen LogP contribution in [-0.4, -0.2) is 37.3 Å². The smallest absolute Gasteiger partial charge is 0.270 e. The van der Waals surface area contributed by atoms with Crippen molar-refractivity contribution in [3.8, 4) is 17.2 Å². The summed E-state index contributed by atoms with van der Waals surface area (Å²) in [6.07, 6.45) is 2.31. The Bertz CT molecular complexity index is 1100. The van der Waals surface area contributed by atoms with Crippen LogP contribution in [0.5, 0.6) is 17.2 Å². The highest BCUT2D eigenvalue weighted by Crippen LogP contribution is 2.38. The second-order valence-corrected chi connectivity index (χ2v) is 8.24. The number of rotatable bonds is 7. The number of carbonyl (C=O) groups is 2. The van der Waals surface area contributed by atoms with Crippen LogP contribution >= 0.6 is 28.1 Å². The topological polar surface area (TPSA) is 77.1 Å². The highest BCUT2D eigenvalue weighted by Gasteiger charge is 2.35. The number of amides is 2. The molecule has 1 fully saturated rings. The van der Waals surface area contributed by atoms with Crippen molar-refractivity contribution in [1.29, 1.82) is 0 Å². The van der Waals surface area contributed by atoms with Crippen LogP contribution < -0.4 is 24.4 Å². The van der Waals surface area contributed by atoms with Crippen LogP contribution in [0.3, 0.4) is 0 Å². The highest BCUT2D eigenvalue weighted by atomic mass is 79.9. The molecular weight excluding hydrogens is 496 g/mol. The molecule has 0 spiro atoms. The molecule has 0 unspecified atom stereocenters. The molecule has 32 heavy (non-hydrogen) atoms. The van der Waals surface area contributed by atoms with E-state index in [0.717, 1.165) is 6.42 Å². The second-order valence-electron chi connectivity index (χ2n) is 7.00. The first-order valence-corrected chi connectivity index (χ1v) is 11.1. The summed E-state index contributed by atoms with van der Waals surface area (Å²) in [6.45, 7) is 3.98. The SMILES string of the molecule is CC[C@@H](C)Oc1c(Br)cc(/C=C2\C(=O)NC(=S)N(c3ccccc3OC)C2=O)cc1OC. The largest absolute Gasteiger partial charge is 0.495 e. The van der Waals surface area contributed by atoms with E-state index in [4.69, 9.17) is 26.4 Å². The fraction of sp³-hybridized carbons (Fsp3) is 0.261. The Hall–Kier alpha value is -2.91. The zero-order valence-electron chi connectivity index (χ0n) is 18.1. The van der Waals surface area contributed by atoms with E-state index in [9.17, 15) is 9.59 Å². The van der Waals surface area contributed by atoms with E-state index in [1.165, 1.54) is 25.2 Å². The number of halogens is 1. The zero-order valence-corrected chi connectivity index (χ0v) is 20.5. The van der Waals surface area contributed by atoms with Gasteiger partial charge in [-0.3, -0.25) is 14.9 Å². The van der Waals surface area contributed by atoms with E-state index in [2.05, 4.69) is 21.2 Å². The van der Waals surface area contributed by atoms with Gasteiger partial charge in [-0.1, -0.05) is 19.1 Å². The third-order valence-electron chi connectivity index (χ3n) is 4.88. The van der Waals surface area contributed by atoms with Crippen LogP contribution in [0.1, 0.15) is 25.8 Å². The van der Waals surface area contributed by atoms with E-state index >= 15 is 0 Å². The number of hydrogen-bond donors (Lipinski definition) is 1. The molecular formula is C23H23BrN2O5S. The predicted molar refractivity (Wildman–Crippen MR) is 130 cm³/mol. The first-order valence-electron chi connectivity index (χ1n) is 9.89. The van der Waals surface area contributed by atoms with Gasteiger partial charge in [0.1, 0.15) is 11.3 Å². The van der Waals surface area contributed by atoms with Crippen molar-refractivity contribution in [2.45, 2.75) is 26.4 Å². The minimum absolute atomic E-state index is 0.00877. The van der Waals surface area contributed by atoms with Gasteiger partial charge in [0, 0.05) is 0 Å². The molecule has 1 N–H and O–H groups in total. The summed E-state index contributed by atoms with van der Waals surface area (Å²) in [5, 5.41) is 2.56. The molecule has 0 radical (unpaired) electrons. The molecule has 1 heterocycles. The van der Waals surface area contributed by atoms with E-state index in [-0.39, 0.29) is 16.8 Å². The van der Waals surface area contributed by atoms with Crippen molar-refractivity contribution in [3.63, 3.8) is 0 Å². The molecule has 1 aliphatic heterocycles. The fourth-order valence-electron chi connectivity index (χ4n) is 3.08. The van der Waals surface area contributed by atoms with Crippen molar-refractivity contribution in [2.24, 2.45) is 0 Å². The van der Waals surface area contributed by atoms with Crippen LogP contribution in [-0.2, 0) is 9.59 Å². The molecule has 2 amide bonds. The van der Waals surface area contributed by atoms with Crippen LogP contribution in [0, 0.1) is 0 Å². The van der Waals surface area contributed by atoms with Crippen molar-refractivity contribution in [2.75, 3.05) is 19.1 Å². The maximum absolute atomic E-state index is 13.3. The summed E-state index contributed by atoms with van der Waals surface area (Å²) in [4.78, 5) is 27.2. The van der Waals surface area contributed by atoms with Gasteiger partial charge in [-0.15, -0.1) is 0 Å². The van der Waals surface area contributed by atoms with Gasteiger partial charge in [-0.2, -0.15) is 0 Å². The quantitative estimate of drug-likeness (QED) is 0.331. The highest BCUT2D eigenvalue weighted by molar-refractivity contribution is 9.10. The molecule has 0 aromatic heterocycles. The standard InChI is InChI=1S/C23H23BrN2O5S/c1-5-13(2)31-20-16(24)11-14(12-19(20)30-4)10-15-21(27)25-23(32)26(22(15)28)17-8-6-7-9-18(17)29-3/h6-13H,5H2,1-4H3,(H,25,27,32)/b15-10+/t13-/m1/s1. The average Bonchev–Trinajstić information content (AvgIpc) is 2.78. The Balaban J connectivity index is 2.03. The van der Waals surface area contributed by atoms with Gasteiger partial charge in [0.2, 0.25) is 0 Å². The van der Waals surface area contributed by atoms with E-state index in [1.54, 1.807) is 36.4 Å². The fourth-order valence-corrected chi connectivity index (χ4v) is 3.91. The summed E-state index contributed by atoms with van der Waals surface area (Å²) < 4.78 is 17.4. The lowest BCUT2D eigenvalue weighted by molar-refractivity contribution is -0.122. The number of para-hydroxylation sites is 2. The Kier molecular flexibility index (Phi) is 7.52. The maximum atomic E-state index is 13.3. The number of hydrogen-bond acceptors (Lipinski definition) is 6. The summed E-state index contributed by atoms with van der Waals surface area (Å²) in [6, 6.07) is 10.4. The number of thiocarbonyl (C=S) groups is 1. The van der Waals surface area contributed by atoms with Crippen molar-refractivity contribution in [1.82, 2.24) is 5.32 Å². The van der Waals surface area contributed by atoms with Gasteiger partial charge in [-0.05, 0) is 77.4 Å². The second kappa shape index (κ2) is 10.1. The molecule has 1 aliphatic rings. The summed E-state index contributed by atoms with van der Waals surface area (Å²) in [5.41, 5.74) is 0.942. The molecule has 2 aromatic carbocycles. The Morgan fingerprint density at radius 1 is 1.16 bits per heavy atom. The number of ether oxygens (including phenoxy) is 3. The zero-order chi connectivity index (χ0) is 23.4. The number of benzene rings is 2. The lowest BCUT2D eigenvalue weighted by Gasteiger charge is -2.29. The number of carbonyl (C=O) groups excluding carboxylic acids is 2. The number of nitrogens with one attached hydrogen (secondary N) is 1. The van der Waals surface area contributed by atoms with Gasteiger partial charge >= 0.3 is 0 Å². The van der Waals surface area contributed by atoms with Crippen molar-refractivity contribution >= 4 is 56.8 Å². The molecule has 168 valence electrons. The van der Waals surface area contributed by atoms with Crippen LogP contribution in [0.2, 0.25) is 0 Å². The summed E-state index contributed by atoms with van der Waals surface area (Å²) in [7, 11) is 3.03. The van der Waals surface area contributed by atoms with Gasteiger partial charge in [0.25, 0.3) is 11.8 Å². The average molecular weight is 519 g/mol. The van der Waals surface area contributed by atoms with E-state index < -0.39 is 11.8 Å². The molecule has 1 atom stereocenters. The van der Waals surface area contributed by atoms with Crippen LogP contribution in [0.4, 0.5) is 5.69 Å². The molecule has 0 bridgehead atoms. The first-order chi connectivity index (χ1) is 15.3. The Labute approximate surface area is 200 Å². The predicted octanol–water partition coefficient (Wildman–Crippen LogP) is 4.47. The minimum Gasteiger partial charge on any atom is -0.495 e. The number of methoxy groups -OCH3 is 2. The molecule has 3 rings (SSSR count). The lowest BCUT2D eigenvalue weighted by Crippen LogP contribution is -2.54. The summed E-state index contributed by atoms with van der Waals surface area (Å²) in [5.74, 6) is 0.349. The molecule has 0 saturated carbocycles. The molecule has 9 heteroatoms. The van der Waals surface area contributed by atoms with Crippen LogP contribution in [0.15, 0.2) is 46.4 Å². The molecule has 2 aromatic rings. The third kappa shape index (κ3) is 4.78. The van der Waals surface area contributed by atoms with Gasteiger partial charge in [0.15, 0.2) is 16.6 Å². The maximum Gasteiger partial charge on any atom is 0.270 e. The van der Waals surface area contributed by atoms with Crippen LogP contribution in [0.25, 0.3) is 6.08 Å². The van der Waals surface area contributed by atoms with Crippen molar-refractivity contribution in [3.05, 3.63) is 52.0 Å². The Morgan fingerprint density at radius 3 is 2.50 bits per heavy atom. The number of anilines is 1. The van der Waals surface area contributed by atoms with Gasteiger partial charge in [0.05, 0.1) is 30.5 Å². The Morgan fingerprint density at radius 2 is 1.84 bits per heavy atom. The monoisotopic (exact) mass is 518 g/mol. The van der Waals surface area contributed by atoms with Crippen molar-refractivity contribution < 1.29 is 23.8 Å². The molecule has 7 nitrogen and oxygen atoms in total. The minimum atomic E-state index is -0.582. The third-order valence-corrected chi connectivity index (χ3v) is 5.76. The van der Waals surface area contributed by atoms with E-state index in [0.29, 0.717) is 33.0 Å². The van der Waals surface area contributed by atoms with E-state index in [1.807, 2.05) is 13.8 Å². The normalized spacial score (nSPS) is 16.1. The molecule has 1 saturated heterocycles. The first kappa shape index (κ1) is 23.7. The molecule has 0 aliphatic carbocycles. The van der Waals surface area contributed by atoms with Gasteiger partial charge in [-0.25, -0.2) is 4.90 Å². The number of nitrogens with zero attached hydrogens (tertiary/aromatic N) is 1.